The molecule has 1 heterocycles. The van der Waals surface area contributed by atoms with Crippen molar-refractivity contribution >= 4 is 105 Å². The van der Waals surface area contributed by atoms with Crippen LogP contribution in [0.2, 0.25) is 5.02 Å². The van der Waals surface area contributed by atoms with Crippen LogP contribution < -0.4 is 4.74 Å². The van der Waals surface area contributed by atoms with Gasteiger partial charge in [0.05, 0.1) is 39.6 Å². The lowest BCUT2D eigenvalue weighted by Gasteiger charge is -2.38. The van der Waals surface area contributed by atoms with Crippen molar-refractivity contribution in [3.8, 4) is 5.75 Å². The number of Topliss-reactive ketones (excluding diaryl/α,β-unsaturated/α-hetero) is 1. The average molecular weight is 686 g/mol. The summed E-state index contributed by atoms with van der Waals surface area (Å²) in [6.45, 7) is 1.36. The molecule has 0 radical (unpaired) electrons. The molecule has 7 nitrogen and oxygen atoms in total. The van der Waals surface area contributed by atoms with Crippen molar-refractivity contribution in [3.63, 3.8) is 0 Å². The van der Waals surface area contributed by atoms with E-state index in [0.717, 1.165) is 5.01 Å². The number of alkyl halides is 4. The number of rotatable bonds is 6. The van der Waals surface area contributed by atoms with E-state index in [1.807, 2.05) is 0 Å². The van der Waals surface area contributed by atoms with Gasteiger partial charge in [0, 0.05) is 5.56 Å². The first-order valence-corrected chi connectivity index (χ1v) is 14.3. The van der Waals surface area contributed by atoms with Gasteiger partial charge in [0.15, 0.2) is 10.1 Å². The highest BCUT2D eigenvalue weighted by atomic mass is 35.5. The predicted molar refractivity (Wildman–Crippen MR) is 154 cm³/mol. The van der Waals surface area contributed by atoms with Crippen molar-refractivity contribution in [2.75, 3.05) is 7.11 Å². The second-order valence-electron chi connectivity index (χ2n) is 9.47. The van der Waals surface area contributed by atoms with Gasteiger partial charge in [-0.15, -0.1) is 23.2 Å². The molecule has 210 valence electrons. The molecular formula is C26H17Cl7N2O5. The summed E-state index contributed by atoms with van der Waals surface area (Å²) in [4.78, 5) is 51.5. The van der Waals surface area contributed by atoms with E-state index in [-0.39, 0.29) is 26.2 Å². The van der Waals surface area contributed by atoms with Crippen LogP contribution in [0.15, 0.2) is 58.6 Å². The summed E-state index contributed by atoms with van der Waals surface area (Å²) < 4.78 is 2.98. The van der Waals surface area contributed by atoms with Gasteiger partial charge in [0.2, 0.25) is 0 Å². The fraction of sp³-hybridized carbons (Fsp3) is 0.308. The van der Waals surface area contributed by atoms with Gasteiger partial charge in [-0.05, 0) is 43.3 Å². The number of carbonyl (C=O) groups is 4. The minimum absolute atomic E-state index is 0.0249. The minimum Gasteiger partial charge on any atom is -0.497 e. The maximum atomic E-state index is 14.0. The summed E-state index contributed by atoms with van der Waals surface area (Å²) in [5, 5.41) is 0.738. The van der Waals surface area contributed by atoms with Crippen LogP contribution in [0, 0.1) is 11.8 Å². The molecule has 2 aromatic carbocycles. The van der Waals surface area contributed by atoms with Gasteiger partial charge >= 0.3 is 0 Å². The molecule has 5 atom stereocenters. The third kappa shape index (κ3) is 3.65. The topological polar surface area (TPSA) is 84.0 Å². The minimum atomic E-state index is -2.16. The van der Waals surface area contributed by atoms with E-state index in [9.17, 15) is 19.2 Å². The molecule has 0 N–H and O–H groups in total. The number of imide groups is 1. The van der Waals surface area contributed by atoms with Crippen molar-refractivity contribution in [1.82, 2.24) is 10.0 Å². The van der Waals surface area contributed by atoms with Crippen LogP contribution in [0.25, 0.3) is 0 Å². The summed E-state index contributed by atoms with van der Waals surface area (Å²) in [6, 6.07) is 10.7. The fourth-order valence-corrected chi connectivity index (χ4v) is 8.64. The number of carbonyl (C=O) groups excluding carboxylic acids is 4. The van der Waals surface area contributed by atoms with Gasteiger partial charge in [0.1, 0.15) is 21.5 Å². The number of ether oxygens (including phenoxy) is 1. The Kier molecular flexibility index (Phi) is 7.40. The summed E-state index contributed by atoms with van der Waals surface area (Å²) in [6.07, 6.45) is 0. The Labute approximate surface area is 263 Å². The molecule has 3 amide bonds. The SMILES string of the molecule is COc1ccc(C(=O)[C@H](C)N(C(=O)c2ccccc2Cl)N2C(=O)[C@@H]3[C@@H](C2=O)[C@@]2(Cl)C(Cl)=C(Cl)[C@@]3(Cl)C2(Cl)Cl)cc1. The first-order chi connectivity index (χ1) is 18.7. The zero-order chi connectivity index (χ0) is 29.5. The van der Waals surface area contributed by atoms with Crippen molar-refractivity contribution in [2.24, 2.45) is 11.8 Å². The maximum Gasteiger partial charge on any atom is 0.275 e. The summed E-state index contributed by atoms with van der Waals surface area (Å²) in [5.41, 5.74) is 0.110. The largest absolute Gasteiger partial charge is 0.497 e. The molecule has 2 fully saturated rings. The molecule has 1 saturated heterocycles. The van der Waals surface area contributed by atoms with Crippen molar-refractivity contribution in [1.29, 1.82) is 0 Å². The predicted octanol–water partition coefficient (Wildman–Crippen LogP) is 6.42. The fourth-order valence-electron chi connectivity index (χ4n) is 5.50. The lowest BCUT2D eigenvalue weighted by atomic mass is 9.84. The van der Waals surface area contributed by atoms with Crippen LogP contribution in [0.5, 0.6) is 5.75 Å². The number of fused-ring (bicyclic) bond motifs is 5. The molecule has 5 rings (SSSR count). The smallest absolute Gasteiger partial charge is 0.275 e. The Balaban J connectivity index is 1.63. The second kappa shape index (κ2) is 9.94. The van der Waals surface area contributed by atoms with E-state index in [4.69, 9.17) is 85.9 Å². The maximum absolute atomic E-state index is 14.0. The second-order valence-corrected chi connectivity index (χ2v) is 13.2. The quantitative estimate of drug-likeness (QED) is 0.199. The van der Waals surface area contributed by atoms with Gasteiger partial charge in [-0.2, -0.15) is 5.01 Å². The molecule has 14 heteroatoms. The van der Waals surface area contributed by atoms with Crippen molar-refractivity contribution in [3.05, 3.63) is 74.7 Å². The molecule has 0 aromatic heterocycles. The van der Waals surface area contributed by atoms with Gasteiger partial charge in [-0.1, -0.05) is 70.1 Å². The van der Waals surface area contributed by atoms with Gasteiger partial charge in [-0.25, -0.2) is 5.01 Å². The highest BCUT2D eigenvalue weighted by Crippen LogP contribution is 2.77. The van der Waals surface area contributed by atoms with E-state index >= 15 is 0 Å². The number of allylic oxidation sites excluding steroid dienone is 2. The van der Waals surface area contributed by atoms with E-state index in [1.54, 1.807) is 18.2 Å². The van der Waals surface area contributed by atoms with E-state index < -0.39 is 55.5 Å². The number of amides is 3. The Hall–Kier alpha value is -1.71. The Bertz CT molecular complexity index is 1470. The summed E-state index contributed by atoms with van der Waals surface area (Å²) >= 11 is 45.9. The van der Waals surface area contributed by atoms with Crippen LogP contribution >= 0.6 is 81.2 Å². The number of hydrogen-bond acceptors (Lipinski definition) is 5. The molecular weight excluding hydrogens is 668 g/mol. The molecule has 3 aliphatic rings. The number of benzene rings is 2. The Morgan fingerprint density at radius 2 is 1.38 bits per heavy atom. The molecule has 2 bridgehead atoms. The van der Waals surface area contributed by atoms with Crippen molar-refractivity contribution < 1.29 is 23.9 Å². The lowest BCUT2D eigenvalue weighted by molar-refractivity contribution is -0.157. The average Bonchev–Trinajstić information content (AvgIpc) is 3.32. The van der Waals surface area contributed by atoms with Gasteiger partial charge in [0.25, 0.3) is 17.7 Å². The molecule has 0 unspecified atom stereocenters. The summed E-state index contributed by atoms with van der Waals surface area (Å²) in [7, 11) is 1.47. The van der Waals surface area contributed by atoms with Crippen LogP contribution in [-0.4, -0.2) is 60.8 Å². The number of nitrogens with zero attached hydrogens (tertiary/aromatic N) is 2. The third-order valence-electron chi connectivity index (χ3n) is 7.53. The molecule has 40 heavy (non-hydrogen) atoms. The first-order valence-electron chi connectivity index (χ1n) is 11.6. The van der Waals surface area contributed by atoms with E-state index in [0.29, 0.717) is 10.8 Å². The van der Waals surface area contributed by atoms with Gasteiger partial charge in [-0.3, -0.25) is 19.2 Å². The molecule has 1 aliphatic heterocycles. The van der Waals surface area contributed by atoms with Crippen LogP contribution in [0.1, 0.15) is 27.6 Å². The first kappa shape index (κ1) is 29.8. The zero-order valence-corrected chi connectivity index (χ0v) is 25.7. The monoisotopic (exact) mass is 682 g/mol. The summed E-state index contributed by atoms with van der Waals surface area (Å²) in [5.74, 6) is -6.00. The van der Waals surface area contributed by atoms with Crippen molar-refractivity contribution in [2.45, 2.75) is 27.0 Å². The lowest BCUT2D eigenvalue weighted by Crippen LogP contribution is -2.59. The molecule has 2 aliphatic carbocycles. The zero-order valence-electron chi connectivity index (χ0n) is 20.4. The van der Waals surface area contributed by atoms with E-state index in [1.165, 1.54) is 44.4 Å². The Morgan fingerprint density at radius 3 is 1.85 bits per heavy atom. The molecule has 1 saturated carbocycles. The highest BCUT2D eigenvalue weighted by Gasteiger charge is 2.88. The van der Waals surface area contributed by atoms with E-state index in [2.05, 4.69) is 0 Å². The highest BCUT2D eigenvalue weighted by molar-refractivity contribution is 6.66. The van der Waals surface area contributed by atoms with Gasteiger partial charge < -0.3 is 4.74 Å². The molecule has 2 aromatic rings. The molecule has 0 spiro atoms. The Morgan fingerprint density at radius 1 is 0.875 bits per heavy atom. The number of ketones is 1. The van der Waals surface area contributed by atoms with Crippen LogP contribution in [0.4, 0.5) is 0 Å². The standard InChI is InChI=1S/C26H17Cl7N2O5/c1-11(18(36)12-7-9-13(40-2)10-8-12)34(21(37)14-5-3-4-6-15(14)27)35-22(38)16-17(23(35)39)25(31)20(29)19(28)24(16,30)26(25,32)33/h3-11,16-17H,1-2H3/t11-,16-,17-,24+,25+/m0/s1. The number of hydrogen-bond donors (Lipinski definition) is 0. The number of halogens is 7. The van der Waals surface area contributed by atoms with Crippen LogP contribution in [0.3, 0.4) is 0 Å². The van der Waals surface area contributed by atoms with Crippen LogP contribution in [-0.2, 0) is 9.59 Å². The normalized spacial score (nSPS) is 29.1. The third-order valence-corrected chi connectivity index (χ3v) is 12.1. The number of hydrazine groups is 1. The number of methoxy groups -OCH3 is 1.